The minimum absolute atomic E-state index is 0.0988. The molecule has 4 amide bonds. The van der Waals surface area contributed by atoms with Crippen LogP contribution in [0.5, 0.6) is 5.75 Å². The highest BCUT2D eigenvalue weighted by Gasteiger charge is 2.36. The number of urea groups is 1. The molecule has 0 bridgehead atoms. The Morgan fingerprint density at radius 1 is 0.963 bits per heavy atom. The highest BCUT2D eigenvalue weighted by molar-refractivity contribution is 6.39. The standard InChI is InChI=1S/C21H20N2O4/c1-3-14-5-9-16(10-6-14)23-20(25)18(19(24)22-21(23)26)13-15-7-11-17(12-8-15)27-4-2/h5-13H,3-4H2,1-2H3,(H,22,24,26)/b18-13-. The first-order chi connectivity index (χ1) is 13.0. The molecule has 0 radical (unpaired) electrons. The van der Waals surface area contributed by atoms with E-state index in [4.69, 9.17) is 4.74 Å². The quantitative estimate of drug-likeness (QED) is 0.652. The number of benzene rings is 2. The molecule has 0 atom stereocenters. The van der Waals surface area contributed by atoms with Gasteiger partial charge in [0.05, 0.1) is 12.3 Å². The van der Waals surface area contributed by atoms with Gasteiger partial charge in [-0.25, -0.2) is 9.69 Å². The molecular formula is C21H20N2O4. The third kappa shape index (κ3) is 3.89. The number of barbiturate groups is 1. The summed E-state index contributed by atoms with van der Waals surface area (Å²) in [4.78, 5) is 38.2. The van der Waals surface area contributed by atoms with Crippen LogP contribution in [0.15, 0.2) is 54.1 Å². The Hall–Kier alpha value is -3.41. The summed E-state index contributed by atoms with van der Waals surface area (Å²) < 4.78 is 5.38. The van der Waals surface area contributed by atoms with Crippen molar-refractivity contribution in [3.8, 4) is 5.75 Å². The number of nitrogens with one attached hydrogen (secondary N) is 1. The van der Waals surface area contributed by atoms with Gasteiger partial charge in [-0.05, 0) is 54.8 Å². The number of carbonyl (C=O) groups excluding carboxylic acids is 3. The van der Waals surface area contributed by atoms with Crippen molar-refractivity contribution in [2.45, 2.75) is 20.3 Å². The SMILES string of the molecule is CCOc1ccc(/C=C2/C(=O)NC(=O)N(c3ccc(CC)cc3)C2=O)cc1. The van der Waals surface area contributed by atoms with Crippen LogP contribution >= 0.6 is 0 Å². The van der Waals surface area contributed by atoms with E-state index in [0.29, 0.717) is 23.6 Å². The normalized spacial score (nSPS) is 15.9. The smallest absolute Gasteiger partial charge is 0.335 e. The number of rotatable bonds is 5. The summed E-state index contributed by atoms with van der Waals surface area (Å²) >= 11 is 0. The average Bonchev–Trinajstić information content (AvgIpc) is 2.67. The highest BCUT2D eigenvalue weighted by atomic mass is 16.5. The summed E-state index contributed by atoms with van der Waals surface area (Å²) in [6, 6.07) is 13.3. The summed E-state index contributed by atoms with van der Waals surface area (Å²) in [7, 11) is 0. The molecule has 0 aromatic heterocycles. The molecule has 1 fully saturated rings. The monoisotopic (exact) mass is 364 g/mol. The molecule has 1 aliphatic rings. The Kier molecular flexibility index (Phi) is 5.35. The summed E-state index contributed by atoms with van der Waals surface area (Å²) in [6.45, 7) is 4.46. The van der Waals surface area contributed by atoms with E-state index < -0.39 is 17.8 Å². The maximum Gasteiger partial charge on any atom is 0.335 e. The Bertz CT molecular complexity index is 899. The number of anilines is 1. The van der Waals surface area contributed by atoms with Crippen molar-refractivity contribution in [2.24, 2.45) is 0 Å². The first kappa shape index (κ1) is 18.4. The van der Waals surface area contributed by atoms with E-state index in [1.165, 1.54) is 6.08 Å². The van der Waals surface area contributed by atoms with Crippen LogP contribution in [0.3, 0.4) is 0 Å². The van der Waals surface area contributed by atoms with Crippen LogP contribution < -0.4 is 15.0 Å². The van der Waals surface area contributed by atoms with E-state index in [2.05, 4.69) is 5.32 Å². The van der Waals surface area contributed by atoms with Gasteiger partial charge in [-0.2, -0.15) is 0 Å². The fourth-order valence-corrected chi connectivity index (χ4v) is 2.77. The van der Waals surface area contributed by atoms with Crippen molar-refractivity contribution in [3.63, 3.8) is 0 Å². The zero-order valence-corrected chi connectivity index (χ0v) is 15.2. The van der Waals surface area contributed by atoms with Gasteiger partial charge in [-0.1, -0.05) is 31.2 Å². The molecule has 2 aromatic carbocycles. The van der Waals surface area contributed by atoms with Crippen LogP contribution in [-0.2, 0) is 16.0 Å². The van der Waals surface area contributed by atoms with Gasteiger partial charge < -0.3 is 4.74 Å². The van der Waals surface area contributed by atoms with Gasteiger partial charge in [-0.3, -0.25) is 14.9 Å². The number of nitrogens with zero attached hydrogens (tertiary/aromatic N) is 1. The van der Waals surface area contributed by atoms with E-state index in [9.17, 15) is 14.4 Å². The van der Waals surface area contributed by atoms with Gasteiger partial charge in [-0.15, -0.1) is 0 Å². The van der Waals surface area contributed by atoms with E-state index in [0.717, 1.165) is 16.9 Å². The maximum absolute atomic E-state index is 12.8. The number of hydrogen-bond donors (Lipinski definition) is 1. The number of hydrogen-bond acceptors (Lipinski definition) is 4. The Balaban J connectivity index is 1.91. The lowest BCUT2D eigenvalue weighted by Gasteiger charge is -2.26. The lowest BCUT2D eigenvalue weighted by molar-refractivity contribution is -0.122. The molecule has 1 N–H and O–H groups in total. The zero-order chi connectivity index (χ0) is 19.4. The molecule has 0 spiro atoms. The van der Waals surface area contributed by atoms with Gasteiger partial charge in [0.2, 0.25) is 0 Å². The summed E-state index contributed by atoms with van der Waals surface area (Å²) in [5.41, 5.74) is 2.07. The average molecular weight is 364 g/mol. The second-order valence-electron chi connectivity index (χ2n) is 5.98. The van der Waals surface area contributed by atoms with Crippen molar-refractivity contribution in [1.82, 2.24) is 5.32 Å². The number of imide groups is 2. The molecule has 1 aliphatic heterocycles. The summed E-state index contributed by atoms with van der Waals surface area (Å²) in [5, 5.41) is 2.22. The molecule has 1 saturated heterocycles. The lowest BCUT2D eigenvalue weighted by Crippen LogP contribution is -2.54. The molecular weight excluding hydrogens is 344 g/mol. The van der Waals surface area contributed by atoms with Crippen LogP contribution in [0.4, 0.5) is 10.5 Å². The molecule has 2 aromatic rings. The van der Waals surface area contributed by atoms with Crippen molar-refractivity contribution in [1.29, 1.82) is 0 Å². The van der Waals surface area contributed by atoms with Crippen molar-refractivity contribution in [2.75, 3.05) is 11.5 Å². The number of amides is 4. The Morgan fingerprint density at radius 2 is 1.63 bits per heavy atom. The Morgan fingerprint density at radius 3 is 2.22 bits per heavy atom. The number of ether oxygens (including phenoxy) is 1. The fraction of sp³-hybridized carbons (Fsp3) is 0.190. The van der Waals surface area contributed by atoms with Gasteiger partial charge in [0, 0.05) is 0 Å². The molecule has 138 valence electrons. The molecule has 3 rings (SSSR count). The molecule has 6 nitrogen and oxygen atoms in total. The molecule has 27 heavy (non-hydrogen) atoms. The first-order valence-electron chi connectivity index (χ1n) is 8.76. The molecule has 0 saturated carbocycles. The highest BCUT2D eigenvalue weighted by Crippen LogP contribution is 2.23. The van der Waals surface area contributed by atoms with Crippen molar-refractivity contribution in [3.05, 3.63) is 65.2 Å². The van der Waals surface area contributed by atoms with Crippen molar-refractivity contribution < 1.29 is 19.1 Å². The predicted octanol–water partition coefficient (Wildman–Crippen LogP) is 3.31. The Labute approximate surface area is 157 Å². The third-order valence-corrected chi connectivity index (χ3v) is 4.21. The van der Waals surface area contributed by atoms with Gasteiger partial charge in [0.15, 0.2) is 0 Å². The number of aryl methyl sites for hydroxylation is 1. The zero-order valence-electron chi connectivity index (χ0n) is 15.2. The fourth-order valence-electron chi connectivity index (χ4n) is 2.77. The number of carbonyl (C=O) groups is 3. The first-order valence-corrected chi connectivity index (χ1v) is 8.76. The third-order valence-electron chi connectivity index (χ3n) is 4.21. The molecule has 0 aliphatic carbocycles. The van der Waals surface area contributed by atoms with Gasteiger partial charge in [0.25, 0.3) is 11.8 Å². The van der Waals surface area contributed by atoms with E-state index >= 15 is 0 Å². The minimum Gasteiger partial charge on any atom is -0.494 e. The van der Waals surface area contributed by atoms with Crippen LogP contribution in [0.1, 0.15) is 25.0 Å². The second kappa shape index (κ2) is 7.86. The van der Waals surface area contributed by atoms with E-state index in [-0.39, 0.29) is 5.57 Å². The summed E-state index contributed by atoms with van der Waals surface area (Å²) in [6.07, 6.45) is 2.31. The van der Waals surface area contributed by atoms with Crippen LogP contribution in [0, 0.1) is 0 Å². The molecule has 6 heteroatoms. The van der Waals surface area contributed by atoms with Crippen LogP contribution in [0.25, 0.3) is 6.08 Å². The minimum atomic E-state index is -0.752. The largest absolute Gasteiger partial charge is 0.494 e. The molecule has 1 heterocycles. The maximum atomic E-state index is 12.8. The van der Waals surface area contributed by atoms with Gasteiger partial charge >= 0.3 is 6.03 Å². The van der Waals surface area contributed by atoms with E-state index in [1.807, 2.05) is 26.0 Å². The second-order valence-corrected chi connectivity index (χ2v) is 5.98. The van der Waals surface area contributed by atoms with Crippen molar-refractivity contribution >= 4 is 29.6 Å². The lowest BCUT2D eigenvalue weighted by atomic mass is 10.1. The summed E-state index contributed by atoms with van der Waals surface area (Å²) in [5.74, 6) is -0.658. The van der Waals surface area contributed by atoms with E-state index in [1.54, 1.807) is 36.4 Å². The van der Waals surface area contributed by atoms with Crippen LogP contribution in [0.2, 0.25) is 0 Å². The van der Waals surface area contributed by atoms with Crippen LogP contribution in [-0.4, -0.2) is 24.5 Å². The van der Waals surface area contributed by atoms with Gasteiger partial charge in [0.1, 0.15) is 11.3 Å². The topological polar surface area (TPSA) is 75.7 Å². The predicted molar refractivity (Wildman–Crippen MR) is 102 cm³/mol. The molecule has 0 unspecified atom stereocenters.